The molecule has 1 aromatic rings. The fourth-order valence-corrected chi connectivity index (χ4v) is 7.12. The minimum Gasteiger partial charge on any atom is -0.497 e. The summed E-state index contributed by atoms with van der Waals surface area (Å²) in [6.45, 7) is 11.5. The van der Waals surface area contributed by atoms with Gasteiger partial charge in [0.15, 0.2) is 0 Å². The Kier molecular flexibility index (Phi) is 9.59. The lowest BCUT2D eigenvalue weighted by molar-refractivity contribution is -0.162. The molecule has 0 aliphatic carbocycles. The number of aliphatic hydroxyl groups excluding tert-OH is 1. The normalized spacial score (nSPS) is 28.7. The van der Waals surface area contributed by atoms with Crippen LogP contribution in [0.2, 0.25) is 0 Å². The number of methoxy groups -OCH3 is 1. The third-order valence-corrected chi connectivity index (χ3v) is 9.19. The highest BCUT2D eigenvalue weighted by atomic mass is 16.6. The number of allylic oxidation sites excluding steroid dienone is 1. The van der Waals surface area contributed by atoms with Crippen LogP contribution in [0.5, 0.6) is 5.75 Å². The number of likely N-dealkylation sites (tertiary alicyclic amines) is 1. The Morgan fingerprint density at radius 3 is 2.51 bits per heavy atom. The van der Waals surface area contributed by atoms with E-state index in [1.807, 2.05) is 19.9 Å². The number of amides is 2. The number of fused-ring (bicyclic) bond motifs is 1. The molecule has 6 atom stereocenters. The van der Waals surface area contributed by atoms with Crippen molar-refractivity contribution < 1.29 is 33.7 Å². The standard InChI is InChI=1S/C32H44N2O7/c1-6-10-11-12-20-40-30(38)26-25-28(36)34(22(8-3)21-35)27(32(25)18-17-31(26,9-4)41-32)29(37)33(19-7-2)23-13-15-24(39-5)16-14-23/h6-7,13-16,22,25-27,35H,1-2,8-12,17-21H2,3-5H3/t22-,25-,26-,27?,31+,32?/m0/s1. The minimum absolute atomic E-state index is 0.204. The predicted molar refractivity (Wildman–Crippen MR) is 155 cm³/mol. The Hall–Kier alpha value is -3.17. The van der Waals surface area contributed by atoms with E-state index in [-0.39, 0.29) is 31.6 Å². The number of carbonyl (C=O) groups is 3. The Labute approximate surface area is 243 Å². The van der Waals surface area contributed by atoms with Crippen LogP contribution in [-0.4, -0.2) is 77.9 Å². The lowest BCUT2D eigenvalue weighted by Crippen LogP contribution is -2.59. The van der Waals surface area contributed by atoms with Gasteiger partial charge in [0.2, 0.25) is 5.91 Å². The number of benzene rings is 1. The molecule has 0 saturated carbocycles. The number of hydrogen-bond acceptors (Lipinski definition) is 7. The van der Waals surface area contributed by atoms with Gasteiger partial charge in [0.05, 0.1) is 37.9 Å². The molecule has 224 valence electrons. The first kappa shape index (κ1) is 30.8. The maximum atomic E-state index is 14.6. The molecule has 9 heteroatoms. The van der Waals surface area contributed by atoms with Gasteiger partial charge >= 0.3 is 5.97 Å². The number of unbranched alkanes of at least 4 members (excludes halogenated alkanes) is 2. The maximum Gasteiger partial charge on any atom is 0.312 e. The van der Waals surface area contributed by atoms with Gasteiger partial charge in [0.1, 0.15) is 23.3 Å². The zero-order valence-corrected chi connectivity index (χ0v) is 24.5. The van der Waals surface area contributed by atoms with Crippen LogP contribution in [0.3, 0.4) is 0 Å². The van der Waals surface area contributed by atoms with Crippen LogP contribution in [0, 0.1) is 11.8 Å². The van der Waals surface area contributed by atoms with Crippen molar-refractivity contribution in [3.63, 3.8) is 0 Å². The van der Waals surface area contributed by atoms with Gasteiger partial charge in [0, 0.05) is 12.2 Å². The highest BCUT2D eigenvalue weighted by Gasteiger charge is 2.79. The van der Waals surface area contributed by atoms with E-state index < -0.39 is 41.1 Å². The summed E-state index contributed by atoms with van der Waals surface area (Å²) < 4.78 is 17.8. The zero-order valence-electron chi connectivity index (χ0n) is 24.5. The third-order valence-electron chi connectivity index (χ3n) is 9.19. The van der Waals surface area contributed by atoms with Crippen molar-refractivity contribution in [3.8, 4) is 5.75 Å². The van der Waals surface area contributed by atoms with Crippen molar-refractivity contribution in [2.24, 2.45) is 11.8 Å². The van der Waals surface area contributed by atoms with E-state index in [1.165, 1.54) is 4.90 Å². The van der Waals surface area contributed by atoms with Crippen molar-refractivity contribution in [3.05, 3.63) is 49.6 Å². The summed E-state index contributed by atoms with van der Waals surface area (Å²) in [6.07, 6.45) is 7.81. The fourth-order valence-electron chi connectivity index (χ4n) is 7.12. The number of esters is 1. The van der Waals surface area contributed by atoms with E-state index in [2.05, 4.69) is 13.2 Å². The average Bonchev–Trinajstić information content (AvgIpc) is 3.60. The number of rotatable bonds is 15. The molecule has 4 rings (SSSR count). The minimum atomic E-state index is -1.20. The second-order valence-electron chi connectivity index (χ2n) is 11.2. The zero-order chi connectivity index (χ0) is 29.8. The second-order valence-corrected chi connectivity index (χ2v) is 11.2. The van der Waals surface area contributed by atoms with Crippen molar-refractivity contribution in [2.75, 3.05) is 31.8 Å². The van der Waals surface area contributed by atoms with Crippen LogP contribution < -0.4 is 9.64 Å². The number of hydrogen-bond donors (Lipinski definition) is 1. The van der Waals surface area contributed by atoms with Crippen molar-refractivity contribution in [2.45, 2.75) is 82.1 Å². The molecule has 3 aliphatic rings. The monoisotopic (exact) mass is 568 g/mol. The average molecular weight is 569 g/mol. The van der Waals surface area contributed by atoms with Gasteiger partial charge < -0.3 is 29.1 Å². The number of aliphatic hydroxyl groups is 1. The molecule has 2 bridgehead atoms. The molecule has 3 heterocycles. The lowest BCUT2D eigenvalue weighted by atomic mass is 9.65. The molecule has 9 nitrogen and oxygen atoms in total. The molecule has 3 saturated heterocycles. The van der Waals surface area contributed by atoms with Crippen LogP contribution in [0.25, 0.3) is 0 Å². The summed E-state index contributed by atoms with van der Waals surface area (Å²) in [5, 5.41) is 10.3. The summed E-state index contributed by atoms with van der Waals surface area (Å²) in [6, 6.07) is 5.49. The molecule has 1 aromatic carbocycles. The number of carbonyl (C=O) groups excluding carboxylic acids is 3. The smallest absolute Gasteiger partial charge is 0.312 e. The first-order chi connectivity index (χ1) is 19.8. The predicted octanol–water partition coefficient (Wildman–Crippen LogP) is 4.04. The van der Waals surface area contributed by atoms with Crippen LogP contribution >= 0.6 is 0 Å². The first-order valence-electron chi connectivity index (χ1n) is 14.8. The molecule has 0 aromatic heterocycles. The quantitative estimate of drug-likeness (QED) is 0.193. The highest BCUT2D eigenvalue weighted by molar-refractivity contribution is 6.05. The number of ether oxygens (including phenoxy) is 3. The van der Waals surface area contributed by atoms with Gasteiger partial charge in [-0.05, 0) is 69.2 Å². The summed E-state index contributed by atoms with van der Waals surface area (Å²) in [7, 11) is 1.57. The Bertz CT molecular complexity index is 1130. The summed E-state index contributed by atoms with van der Waals surface area (Å²) in [4.78, 5) is 45.7. The fraction of sp³-hybridized carbons (Fsp3) is 0.594. The van der Waals surface area contributed by atoms with E-state index in [4.69, 9.17) is 14.2 Å². The topological polar surface area (TPSA) is 106 Å². The molecular formula is C32H44N2O7. The van der Waals surface area contributed by atoms with E-state index in [0.717, 1.165) is 12.8 Å². The molecule has 41 heavy (non-hydrogen) atoms. The summed E-state index contributed by atoms with van der Waals surface area (Å²) in [5.41, 5.74) is -1.47. The molecule has 3 aliphatic heterocycles. The van der Waals surface area contributed by atoms with Crippen LogP contribution in [0.4, 0.5) is 5.69 Å². The van der Waals surface area contributed by atoms with Gasteiger partial charge in [-0.25, -0.2) is 0 Å². The lowest BCUT2D eigenvalue weighted by Gasteiger charge is -2.39. The van der Waals surface area contributed by atoms with E-state index in [1.54, 1.807) is 42.4 Å². The Morgan fingerprint density at radius 1 is 1.20 bits per heavy atom. The van der Waals surface area contributed by atoms with E-state index in [9.17, 15) is 19.5 Å². The van der Waals surface area contributed by atoms with Gasteiger partial charge in [-0.2, -0.15) is 0 Å². The van der Waals surface area contributed by atoms with Crippen molar-refractivity contribution in [1.29, 1.82) is 0 Å². The number of nitrogens with zero attached hydrogens (tertiary/aromatic N) is 2. The SMILES string of the molecule is C=CCCCCOC(=O)[C@@H]1[C@H]2C(=O)N([C@@H](CC)CO)C(C(=O)N(CC=C)c3ccc(OC)cc3)C23CC[C@@]1(CC)O3. The third kappa shape index (κ3) is 5.18. The maximum absolute atomic E-state index is 14.6. The van der Waals surface area contributed by atoms with Gasteiger partial charge in [0.25, 0.3) is 5.91 Å². The molecule has 0 radical (unpaired) electrons. The van der Waals surface area contributed by atoms with Gasteiger partial charge in [-0.15, -0.1) is 13.2 Å². The van der Waals surface area contributed by atoms with Crippen LogP contribution in [0.15, 0.2) is 49.6 Å². The largest absolute Gasteiger partial charge is 0.497 e. The molecule has 1 spiro atoms. The Balaban J connectivity index is 1.75. The molecule has 2 unspecified atom stereocenters. The van der Waals surface area contributed by atoms with Gasteiger partial charge in [-0.1, -0.05) is 26.0 Å². The van der Waals surface area contributed by atoms with E-state index in [0.29, 0.717) is 43.5 Å². The summed E-state index contributed by atoms with van der Waals surface area (Å²) in [5.74, 6) is -2.15. The molecule has 1 N–H and O–H groups in total. The highest BCUT2D eigenvalue weighted by Crippen LogP contribution is 2.65. The second kappa shape index (κ2) is 12.8. The van der Waals surface area contributed by atoms with Gasteiger partial charge in [-0.3, -0.25) is 14.4 Å². The number of anilines is 1. The van der Waals surface area contributed by atoms with Crippen molar-refractivity contribution >= 4 is 23.5 Å². The van der Waals surface area contributed by atoms with Crippen LogP contribution in [-0.2, 0) is 23.9 Å². The van der Waals surface area contributed by atoms with Crippen molar-refractivity contribution in [1.82, 2.24) is 4.90 Å². The summed E-state index contributed by atoms with van der Waals surface area (Å²) >= 11 is 0. The van der Waals surface area contributed by atoms with Crippen LogP contribution in [0.1, 0.15) is 58.8 Å². The first-order valence-corrected chi connectivity index (χ1v) is 14.8. The molecular weight excluding hydrogens is 524 g/mol. The van der Waals surface area contributed by atoms with E-state index >= 15 is 0 Å². The molecule has 2 amide bonds. The molecule has 3 fully saturated rings. The Morgan fingerprint density at radius 2 is 1.93 bits per heavy atom.